The SMILES string of the molecule is CN=c1scc(-c2ccco2)n1N=Cc1ccc(OC)c(OC)c1OC. The van der Waals surface area contributed by atoms with E-state index in [1.54, 1.807) is 51.6 Å². The summed E-state index contributed by atoms with van der Waals surface area (Å²) in [5.74, 6) is 2.36. The van der Waals surface area contributed by atoms with Gasteiger partial charge in [0.25, 0.3) is 0 Å². The minimum Gasteiger partial charge on any atom is -0.493 e. The quantitative estimate of drug-likeness (QED) is 0.622. The fourth-order valence-electron chi connectivity index (χ4n) is 2.50. The van der Waals surface area contributed by atoms with E-state index in [4.69, 9.17) is 18.6 Å². The number of thiazole rings is 1. The molecule has 2 heterocycles. The Hall–Kier alpha value is -3.00. The van der Waals surface area contributed by atoms with Gasteiger partial charge < -0.3 is 18.6 Å². The van der Waals surface area contributed by atoms with Gasteiger partial charge in [-0.1, -0.05) is 0 Å². The molecule has 0 aliphatic carbocycles. The minimum atomic E-state index is 0.515. The van der Waals surface area contributed by atoms with Crippen LogP contribution in [-0.4, -0.2) is 39.3 Å². The van der Waals surface area contributed by atoms with Crippen molar-refractivity contribution in [3.05, 3.63) is 46.3 Å². The van der Waals surface area contributed by atoms with Crippen molar-refractivity contribution < 1.29 is 18.6 Å². The van der Waals surface area contributed by atoms with Crippen molar-refractivity contribution in [2.75, 3.05) is 28.4 Å². The molecule has 0 radical (unpaired) electrons. The lowest BCUT2D eigenvalue weighted by Crippen LogP contribution is -2.11. The van der Waals surface area contributed by atoms with Crippen LogP contribution in [0.15, 0.2) is 50.4 Å². The standard InChI is InChI=1S/C18H19N3O4S/c1-19-18-21(13(11-26-18)14-6-5-9-25-14)20-10-12-7-8-15(22-2)17(24-4)16(12)23-3/h5-11H,1-4H3. The van der Waals surface area contributed by atoms with Gasteiger partial charge >= 0.3 is 0 Å². The van der Waals surface area contributed by atoms with Gasteiger partial charge in [-0.05, 0) is 24.3 Å². The molecular formula is C18H19N3O4S. The van der Waals surface area contributed by atoms with Gasteiger partial charge in [-0.2, -0.15) is 5.10 Å². The van der Waals surface area contributed by atoms with Crippen LogP contribution in [0, 0.1) is 0 Å². The topological polar surface area (TPSA) is 70.5 Å². The molecule has 3 aromatic rings. The first-order chi connectivity index (χ1) is 12.7. The maximum Gasteiger partial charge on any atom is 0.206 e. The highest BCUT2D eigenvalue weighted by molar-refractivity contribution is 7.07. The summed E-state index contributed by atoms with van der Waals surface area (Å²) in [6.07, 6.45) is 3.32. The number of hydrogen-bond donors (Lipinski definition) is 0. The lowest BCUT2D eigenvalue weighted by molar-refractivity contribution is 0.324. The number of methoxy groups -OCH3 is 3. The van der Waals surface area contributed by atoms with Crippen molar-refractivity contribution in [2.24, 2.45) is 10.1 Å². The van der Waals surface area contributed by atoms with Gasteiger partial charge in [0.2, 0.25) is 10.6 Å². The van der Waals surface area contributed by atoms with Crippen LogP contribution in [0.5, 0.6) is 17.2 Å². The normalized spacial score (nSPS) is 11.9. The van der Waals surface area contributed by atoms with Crippen LogP contribution in [0.4, 0.5) is 0 Å². The zero-order valence-corrected chi connectivity index (χ0v) is 15.7. The molecule has 0 spiro atoms. The summed E-state index contributed by atoms with van der Waals surface area (Å²) in [7, 11) is 6.45. The Morgan fingerprint density at radius 1 is 1.08 bits per heavy atom. The van der Waals surface area contributed by atoms with E-state index in [0.29, 0.717) is 23.0 Å². The summed E-state index contributed by atoms with van der Waals surface area (Å²) in [5, 5.41) is 6.52. The summed E-state index contributed by atoms with van der Waals surface area (Å²) in [6, 6.07) is 7.37. The molecule has 8 heteroatoms. The molecule has 1 aromatic carbocycles. The number of aromatic nitrogens is 1. The number of nitrogens with zero attached hydrogens (tertiary/aromatic N) is 3. The summed E-state index contributed by atoms with van der Waals surface area (Å²) < 4.78 is 23.4. The maximum atomic E-state index is 5.49. The molecule has 7 nitrogen and oxygen atoms in total. The van der Waals surface area contributed by atoms with E-state index in [0.717, 1.165) is 16.1 Å². The molecule has 136 valence electrons. The van der Waals surface area contributed by atoms with Gasteiger partial charge in [0, 0.05) is 18.0 Å². The highest BCUT2D eigenvalue weighted by Crippen LogP contribution is 2.39. The molecule has 0 fully saturated rings. The van der Waals surface area contributed by atoms with Gasteiger partial charge in [-0.3, -0.25) is 4.99 Å². The van der Waals surface area contributed by atoms with Crippen molar-refractivity contribution in [1.82, 2.24) is 4.68 Å². The molecule has 0 aliphatic rings. The van der Waals surface area contributed by atoms with Crippen LogP contribution in [0.1, 0.15) is 5.56 Å². The van der Waals surface area contributed by atoms with Crippen molar-refractivity contribution in [3.63, 3.8) is 0 Å². The predicted octanol–water partition coefficient (Wildman–Crippen LogP) is 3.25. The number of hydrogen-bond acceptors (Lipinski definition) is 7. The highest BCUT2D eigenvalue weighted by Gasteiger charge is 2.15. The van der Waals surface area contributed by atoms with Crippen molar-refractivity contribution in [1.29, 1.82) is 0 Å². The average Bonchev–Trinajstić information content (AvgIpc) is 3.34. The van der Waals surface area contributed by atoms with Gasteiger partial charge in [-0.25, -0.2) is 4.68 Å². The third-order valence-electron chi connectivity index (χ3n) is 3.70. The second kappa shape index (κ2) is 7.92. The molecule has 26 heavy (non-hydrogen) atoms. The largest absolute Gasteiger partial charge is 0.493 e. The van der Waals surface area contributed by atoms with E-state index in [-0.39, 0.29) is 0 Å². The zero-order chi connectivity index (χ0) is 18.5. The predicted molar refractivity (Wildman–Crippen MR) is 101 cm³/mol. The van der Waals surface area contributed by atoms with Crippen LogP contribution in [0.25, 0.3) is 11.5 Å². The zero-order valence-electron chi connectivity index (χ0n) is 14.9. The maximum absolute atomic E-state index is 5.49. The van der Waals surface area contributed by atoms with Crippen molar-refractivity contribution >= 4 is 17.6 Å². The van der Waals surface area contributed by atoms with E-state index in [1.165, 1.54) is 11.3 Å². The molecule has 2 aromatic heterocycles. The molecular weight excluding hydrogens is 354 g/mol. The number of furan rings is 1. The van der Waals surface area contributed by atoms with Crippen LogP contribution in [0.2, 0.25) is 0 Å². The van der Waals surface area contributed by atoms with Crippen LogP contribution >= 0.6 is 11.3 Å². The molecule has 0 atom stereocenters. The monoisotopic (exact) mass is 373 g/mol. The van der Waals surface area contributed by atoms with E-state index in [2.05, 4.69) is 10.1 Å². The molecule has 0 unspecified atom stereocenters. The lowest BCUT2D eigenvalue weighted by atomic mass is 10.2. The fourth-order valence-corrected chi connectivity index (χ4v) is 3.29. The first-order valence-electron chi connectivity index (χ1n) is 7.74. The summed E-state index contributed by atoms with van der Waals surface area (Å²) in [6.45, 7) is 0. The Morgan fingerprint density at radius 3 is 2.50 bits per heavy atom. The third-order valence-corrected chi connectivity index (χ3v) is 4.60. The van der Waals surface area contributed by atoms with Crippen LogP contribution in [-0.2, 0) is 0 Å². The molecule has 0 amide bonds. The van der Waals surface area contributed by atoms with E-state index in [1.807, 2.05) is 23.6 Å². The third kappa shape index (κ3) is 3.23. The summed E-state index contributed by atoms with van der Waals surface area (Å²) >= 11 is 1.48. The number of benzene rings is 1. The fraction of sp³-hybridized carbons (Fsp3) is 0.222. The molecule has 0 bridgehead atoms. The lowest BCUT2D eigenvalue weighted by Gasteiger charge is -2.13. The second-order valence-electron chi connectivity index (χ2n) is 5.08. The Morgan fingerprint density at radius 2 is 1.88 bits per heavy atom. The second-order valence-corrected chi connectivity index (χ2v) is 5.92. The Balaban J connectivity index is 2.08. The van der Waals surface area contributed by atoms with Crippen molar-refractivity contribution in [3.8, 4) is 28.7 Å². The molecule has 0 aliphatic heterocycles. The van der Waals surface area contributed by atoms with Gasteiger partial charge in [-0.15, -0.1) is 11.3 Å². The van der Waals surface area contributed by atoms with Gasteiger partial charge in [0.1, 0.15) is 5.69 Å². The molecule has 3 rings (SSSR count). The van der Waals surface area contributed by atoms with E-state index in [9.17, 15) is 0 Å². The average molecular weight is 373 g/mol. The summed E-state index contributed by atoms with van der Waals surface area (Å²) in [5.41, 5.74) is 1.56. The van der Waals surface area contributed by atoms with Gasteiger partial charge in [0.15, 0.2) is 17.3 Å². The van der Waals surface area contributed by atoms with Crippen LogP contribution < -0.4 is 19.0 Å². The molecule has 0 saturated heterocycles. The van der Waals surface area contributed by atoms with E-state index >= 15 is 0 Å². The number of rotatable bonds is 6. The summed E-state index contributed by atoms with van der Waals surface area (Å²) in [4.78, 5) is 5.01. The smallest absolute Gasteiger partial charge is 0.206 e. The Bertz CT molecular complexity index is 971. The number of ether oxygens (including phenoxy) is 3. The minimum absolute atomic E-state index is 0.515. The Labute approximate surface area is 154 Å². The van der Waals surface area contributed by atoms with Gasteiger partial charge in [0.05, 0.1) is 33.8 Å². The Kier molecular flexibility index (Phi) is 5.43. The molecule has 0 saturated carbocycles. The highest BCUT2D eigenvalue weighted by atomic mass is 32.1. The van der Waals surface area contributed by atoms with E-state index < -0.39 is 0 Å². The first kappa shape index (κ1) is 17.8. The van der Waals surface area contributed by atoms with Crippen LogP contribution in [0.3, 0.4) is 0 Å². The van der Waals surface area contributed by atoms with Crippen molar-refractivity contribution in [2.45, 2.75) is 0 Å². The molecule has 0 N–H and O–H groups in total. The first-order valence-corrected chi connectivity index (χ1v) is 8.62.